The van der Waals surface area contributed by atoms with Crippen molar-refractivity contribution in [3.8, 4) is 6.07 Å². The Bertz CT molecular complexity index is 813. The Hall–Kier alpha value is -2.71. The normalized spacial score (nSPS) is 19.6. The minimum Gasteiger partial charge on any atom is -0.394 e. The summed E-state index contributed by atoms with van der Waals surface area (Å²) in [5, 5.41) is 19.1. The molecule has 1 atom stereocenters. The Morgan fingerprint density at radius 3 is 2.72 bits per heavy atom. The van der Waals surface area contributed by atoms with Crippen molar-refractivity contribution in [2.24, 2.45) is 0 Å². The molecule has 0 saturated carbocycles. The number of hydrogen-bond donors (Lipinski definition) is 1. The maximum Gasteiger partial charge on any atom is 0.273 e. The molecule has 0 bridgehead atoms. The smallest absolute Gasteiger partial charge is 0.273 e. The first-order chi connectivity index (χ1) is 12.1. The van der Waals surface area contributed by atoms with E-state index in [9.17, 15) is 9.90 Å². The van der Waals surface area contributed by atoms with Gasteiger partial charge in [0.2, 0.25) is 0 Å². The fourth-order valence-electron chi connectivity index (χ4n) is 3.57. The summed E-state index contributed by atoms with van der Waals surface area (Å²) in [6.07, 6.45) is 2.24. The molecular weight excluding hydrogens is 314 g/mol. The SMILES string of the molecule is Cc1nc(C(=O)N2CCCC2(CO)Cc2ccccc2)ccc1C#N. The molecule has 0 radical (unpaired) electrons. The topological polar surface area (TPSA) is 77.2 Å². The van der Waals surface area contributed by atoms with Gasteiger partial charge in [-0.05, 0) is 43.9 Å². The van der Waals surface area contributed by atoms with E-state index in [0.29, 0.717) is 29.9 Å². The maximum absolute atomic E-state index is 13.0. The van der Waals surface area contributed by atoms with Crippen LogP contribution in [0.2, 0.25) is 0 Å². The molecule has 0 spiro atoms. The van der Waals surface area contributed by atoms with Gasteiger partial charge in [-0.1, -0.05) is 30.3 Å². The van der Waals surface area contributed by atoms with E-state index < -0.39 is 5.54 Å². The number of carbonyl (C=O) groups is 1. The van der Waals surface area contributed by atoms with Crippen molar-refractivity contribution in [3.05, 3.63) is 65.0 Å². The third-order valence-electron chi connectivity index (χ3n) is 4.94. The Balaban J connectivity index is 1.90. The molecule has 1 aromatic carbocycles. The number of aliphatic hydroxyl groups excluding tert-OH is 1. The quantitative estimate of drug-likeness (QED) is 0.931. The van der Waals surface area contributed by atoms with Gasteiger partial charge in [0.25, 0.3) is 5.91 Å². The minimum atomic E-state index is -0.595. The Labute approximate surface area is 147 Å². The van der Waals surface area contributed by atoms with Crippen LogP contribution in [0.25, 0.3) is 0 Å². The summed E-state index contributed by atoms with van der Waals surface area (Å²) in [5.74, 6) is -0.185. The summed E-state index contributed by atoms with van der Waals surface area (Å²) in [7, 11) is 0. The third kappa shape index (κ3) is 3.26. The monoisotopic (exact) mass is 335 g/mol. The van der Waals surface area contributed by atoms with Crippen LogP contribution in [0.1, 0.15) is 40.2 Å². The van der Waals surface area contributed by atoms with Crippen LogP contribution in [-0.2, 0) is 6.42 Å². The summed E-state index contributed by atoms with van der Waals surface area (Å²) in [6, 6.07) is 15.2. The number of hydrogen-bond acceptors (Lipinski definition) is 4. The van der Waals surface area contributed by atoms with E-state index in [4.69, 9.17) is 5.26 Å². The predicted octanol–water partition coefficient (Wildman–Crippen LogP) is 2.47. The summed E-state index contributed by atoms with van der Waals surface area (Å²) in [4.78, 5) is 19.1. The van der Waals surface area contributed by atoms with Gasteiger partial charge in [0.05, 0.1) is 23.4 Å². The second kappa shape index (κ2) is 7.04. The molecule has 0 aliphatic carbocycles. The molecule has 1 saturated heterocycles. The molecule has 1 unspecified atom stereocenters. The molecule has 1 aromatic heterocycles. The number of nitrogens with zero attached hydrogens (tertiary/aromatic N) is 3. The van der Waals surface area contributed by atoms with Crippen LogP contribution >= 0.6 is 0 Å². The van der Waals surface area contributed by atoms with Crippen LogP contribution in [0.3, 0.4) is 0 Å². The van der Waals surface area contributed by atoms with Crippen LogP contribution in [-0.4, -0.2) is 39.6 Å². The predicted molar refractivity (Wildman–Crippen MR) is 93.9 cm³/mol. The lowest BCUT2D eigenvalue weighted by Gasteiger charge is -2.37. The van der Waals surface area contributed by atoms with Crippen molar-refractivity contribution >= 4 is 5.91 Å². The highest BCUT2D eigenvalue weighted by Crippen LogP contribution is 2.33. The number of aliphatic hydroxyl groups is 1. The van der Waals surface area contributed by atoms with E-state index >= 15 is 0 Å². The van der Waals surface area contributed by atoms with Crippen molar-refractivity contribution in [2.75, 3.05) is 13.2 Å². The first-order valence-corrected chi connectivity index (χ1v) is 8.44. The highest BCUT2D eigenvalue weighted by molar-refractivity contribution is 5.93. The number of benzene rings is 1. The minimum absolute atomic E-state index is 0.0805. The van der Waals surface area contributed by atoms with Gasteiger partial charge < -0.3 is 10.0 Å². The summed E-state index contributed by atoms with van der Waals surface area (Å²) in [6.45, 7) is 2.25. The van der Waals surface area contributed by atoms with E-state index in [2.05, 4.69) is 11.1 Å². The third-order valence-corrected chi connectivity index (χ3v) is 4.94. The van der Waals surface area contributed by atoms with Gasteiger partial charge in [0, 0.05) is 6.54 Å². The Morgan fingerprint density at radius 1 is 1.32 bits per heavy atom. The second-order valence-electron chi connectivity index (χ2n) is 6.55. The highest BCUT2D eigenvalue weighted by atomic mass is 16.3. The Morgan fingerprint density at radius 2 is 2.08 bits per heavy atom. The number of aryl methyl sites for hydroxylation is 1. The van der Waals surface area contributed by atoms with E-state index in [1.54, 1.807) is 24.0 Å². The van der Waals surface area contributed by atoms with Gasteiger partial charge in [-0.15, -0.1) is 0 Å². The lowest BCUT2D eigenvalue weighted by molar-refractivity contribution is 0.0407. The van der Waals surface area contributed by atoms with Crippen molar-refractivity contribution in [3.63, 3.8) is 0 Å². The average Bonchev–Trinajstić information content (AvgIpc) is 3.05. The van der Waals surface area contributed by atoms with Gasteiger partial charge in [-0.2, -0.15) is 5.26 Å². The molecule has 128 valence electrons. The van der Waals surface area contributed by atoms with Crippen molar-refractivity contribution in [1.29, 1.82) is 5.26 Å². The van der Waals surface area contributed by atoms with E-state index in [1.165, 1.54) is 0 Å². The average molecular weight is 335 g/mol. The number of amides is 1. The van der Waals surface area contributed by atoms with Crippen molar-refractivity contribution in [1.82, 2.24) is 9.88 Å². The lowest BCUT2D eigenvalue weighted by Crippen LogP contribution is -2.51. The molecule has 5 heteroatoms. The fraction of sp³-hybridized carbons (Fsp3) is 0.350. The number of aromatic nitrogens is 1. The summed E-state index contributed by atoms with van der Waals surface area (Å²) < 4.78 is 0. The van der Waals surface area contributed by atoms with Crippen LogP contribution in [0.5, 0.6) is 0 Å². The van der Waals surface area contributed by atoms with Gasteiger partial charge >= 0.3 is 0 Å². The standard InChI is InChI=1S/C20H21N3O2/c1-15-17(13-21)8-9-18(22-15)19(25)23-11-5-10-20(23,14-24)12-16-6-3-2-4-7-16/h2-4,6-9,24H,5,10-12,14H2,1H3. The van der Waals surface area contributed by atoms with Crippen LogP contribution < -0.4 is 0 Å². The maximum atomic E-state index is 13.0. The van der Waals surface area contributed by atoms with Crippen molar-refractivity contribution < 1.29 is 9.90 Å². The van der Waals surface area contributed by atoms with E-state index in [0.717, 1.165) is 18.4 Å². The first-order valence-electron chi connectivity index (χ1n) is 8.44. The zero-order valence-electron chi connectivity index (χ0n) is 14.3. The molecule has 2 aromatic rings. The number of nitriles is 1. The number of pyridine rings is 1. The summed E-state index contributed by atoms with van der Waals surface area (Å²) >= 11 is 0. The zero-order chi connectivity index (χ0) is 17.9. The zero-order valence-corrected chi connectivity index (χ0v) is 14.3. The molecule has 1 fully saturated rings. The highest BCUT2D eigenvalue weighted by Gasteiger charge is 2.43. The van der Waals surface area contributed by atoms with Crippen molar-refractivity contribution in [2.45, 2.75) is 31.7 Å². The van der Waals surface area contributed by atoms with Gasteiger partial charge in [-0.3, -0.25) is 4.79 Å². The first kappa shape index (κ1) is 17.1. The number of likely N-dealkylation sites (tertiary alicyclic amines) is 1. The van der Waals surface area contributed by atoms with Gasteiger partial charge in [0.15, 0.2) is 0 Å². The number of rotatable bonds is 4. The Kier molecular flexibility index (Phi) is 4.82. The van der Waals surface area contributed by atoms with E-state index in [1.807, 2.05) is 30.3 Å². The fourth-order valence-corrected chi connectivity index (χ4v) is 3.57. The van der Waals surface area contributed by atoms with Crippen LogP contribution in [0.15, 0.2) is 42.5 Å². The second-order valence-corrected chi connectivity index (χ2v) is 6.55. The molecule has 1 aliphatic heterocycles. The number of carbonyl (C=O) groups excluding carboxylic acids is 1. The molecule has 2 heterocycles. The molecule has 25 heavy (non-hydrogen) atoms. The van der Waals surface area contributed by atoms with Gasteiger partial charge in [0.1, 0.15) is 11.8 Å². The van der Waals surface area contributed by atoms with E-state index in [-0.39, 0.29) is 12.5 Å². The molecular formula is C20H21N3O2. The largest absolute Gasteiger partial charge is 0.394 e. The van der Waals surface area contributed by atoms with Gasteiger partial charge in [-0.25, -0.2) is 4.98 Å². The molecule has 1 amide bonds. The molecule has 1 aliphatic rings. The van der Waals surface area contributed by atoms with Crippen LogP contribution in [0, 0.1) is 18.3 Å². The van der Waals surface area contributed by atoms with Crippen LogP contribution in [0.4, 0.5) is 0 Å². The lowest BCUT2D eigenvalue weighted by atomic mass is 9.88. The summed E-state index contributed by atoms with van der Waals surface area (Å²) in [5.41, 5.74) is 1.84. The molecule has 5 nitrogen and oxygen atoms in total. The molecule has 1 N–H and O–H groups in total. The molecule has 3 rings (SSSR count).